The molecule has 0 saturated carbocycles. The molecule has 0 aliphatic carbocycles. The first-order chi connectivity index (χ1) is 14.5. The van der Waals surface area contributed by atoms with Crippen molar-refractivity contribution in [3.63, 3.8) is 0 Å². The van der Waals surface area contributed by atoms with Crippen LogP contribution in [0.25, 0.3) is 6.08 Å². The summed E-state index contributed by atoms with van der Waals surface area (Å²) in [5.41, 5.74) is 0.653. The zero-order valence-electron chi connectivity index (χ0n) is 17.5. The van der Waals surface area contributed by atoms with Crippen LogP contribution in [0.5, 0.6) is 17.2 Å². The normalized spacial score (nSPS) is 14.3. The molecule has 3 nitrogen and oxygen atoms in total. The Morgan fingerprint density at radius 3 is 1.90 bits per heavy atom. The van der Waals surface area contributed by atoms with Crippen molar-refractivity contribution >= 4 is 49.4 Å². The van der Waals surface area contributed by atoms with Gasteiger partial charge in [0.1, 0.15) is 0 Å². The molecule has 0 spiro atoms. The Labute approximate surface area is 190 Å². The Balaban J connectivity index is 1.81. The van der Waals surface area contributed by atoms with E-state index >= 15 is 0 Å². The van der Waals surface area contributed by atoms with Crippen LogP contribution in [-0.2, 0) is 0 Å². The van der Waals surface area contributed by atoms with Gasteiger partial charge in [-0.2, -0.15) is 0 Å². The van der Waals surface area contributed by atoms with Crippen LogP contribution in [0.15, 0.2) is 71.2 Å². The second-order valence-corrected chi connectivity index (χ2v) is 12.0. The van der Waals surface area contributed by atoms with Crippen molar-refractivity contribution in [3.05, 3.63) is 76.8 Å². The molecule has 1 heterocycles. The van der Waals surface area contributed by atoms with Gasteiger partial charge in [0, 0.05) is 0 Å². The van der Waals surface area contributed by atoms with Crippen molar-refractivity contribution in [2.45, 2.75) is 19.4 Å². The fraction of sp³-hybridized carbons (Fsp3) is 0.200. The summed E-state index contributed by atoms with van der Waals surface area (Å²) in [4.78, 5) is 0. The van der Waals surface area contributed by atoms with Crippen molar-refractivity contribution in [2.24, 2.45) is 0 Å². The Hall–Kier alpha value is -2.16. The van der Waals surface area contributed by atoms with Gasteiger partial charge in [0.2, 0.25) is 0 Å². The molecule has 5 heteroatoms. The van der Waals surface area contributed by atoms with Gasteiger partial charge >= 0.3 is 191 Å². The van der Waals surface area contributed by atoms with Crippen molar-refractivity contribution in [1.29, 1.82) is 0 Å². The zero-order valence-corrected chi connectivity index (χ0v) is 20.9. The van der Waals surface area contributed by atoms with Crippen molar-refractivity contribution in [2.75, 3.05) is 14.2 Å². The van der Waals surface area contributed by atoms with Gasteiger partial charge in [-0.3, -0.25) is 0 Å². The standard InChI is InChI=1S/C25H24O3Se2/c1-25(2)21(30-19-13-9-6-10-14-19)16-17-15-20(29-18-11-7-5-8-12-18)23(26-3)24(27-4)22(17)28-25/h5-16H,1-4H3. The monoisotopic (exact) mass is 532 g/mol. The Bertz CT molecular complexity index is 1060. The van der Waals surface area contributed by atoms with E-state index in [9.17, 15) is 0 Å². The first-order valence-electron chi connectivity index (χ1n) is 9.68. The molecule has 0 atom stereocenters. The van der Waals surface area contributed by atoms with E-state index in [0.717, 1.165) is 21.5 Å². The zero-order chi connectivity index (χ0) is 21.1. The quantitative estimate of drug-likeness (QED) is 0.459. The Morgan fingerprint density at radius 1 is 0.767 bits per heavy atom. The van der Waals surface area contributed by atoms with Gasteiger partial charge in [0.15, 0.2) is 0 Å². The first-order valence-corrected chi connectivity index (χ1v) is 13.1. The van der Waals surface area contributed by atoms with E-state index in [4.69, 9.17) is 14.2 Å². The van der Waals surface area contributed by atoms with E-state index in [1.165, 1.54) is 13.4 Å². The summed E-state index contributed by atoms with van der Waals surface area (Å²) in [6, 6.07) is 23.3. The van der Waals surface area contributed by atoms with Crippen LogP contribution in [0.3, 0.4) is 0 Å². The first kappa shape index (κ1) is 21.1. The molecule has 3 aromatic rings. The SMILES string of the molecule is COc1c([Se]c2ccccc2)cc2c(c1OC)OC(C)(C)C([Se]c1ccccc1)=C2. The van der Waals surface area contributed by atoms with Crippen LogP contribution < -0.4 is 27.6 Å². The number of hydrogen-bond donors (Lipinski definition) is 0. The third-order valence-corrected chi connectivity index (χ3v) is 9.74. The van der Waals surface area contributed by atoms with Gasteiger partial charge in [0.05, 0.1) is 0 Å². The summed E-state index contributed by atoms with van der Waals surface area (Å²) in [5, 5.41) is 0. The van der Waals surface area contributed by atoms with Gasteiger partial charge in [0.25, 0.3) is 0 Å². The van der Waals surface area contributed by atoms with Gasteiger partial charge in [-0.05, 0) is 0 Å². The topological polar surface area (TPSA) is 27.7 Å². The van der Waals surface area contributed by atoms with Gasteiger partial charge < -0.3 is 0 Å². The third kappa shape index (κ3) is 4.31. The number of rotatable bonds is 6. The van der Waals surface area contributed by atoms with Crippen LogP contribution in [0.4, 0.5) is 0 Å². The molecule has 4 rings (SSSR count). The predicted octanol–water partition coefficient (Wildman–Crippen LogP) is 2.90. The minimum absolute atomic E-state index is 0.0977. The summed E-state index contributed by atoms with van der Waals surface area (Å²) < 4.78 is 23.2. The van der Waals surface area contributed by atoms with Crippen molar-refractivity contribution in [1.82, 2.24) is 0 Å². The van der Waals surface area contributed by atoms with Crippen LogP contribution in [0.1, 0.15) is 19.4 Å². The van der Waals surface area contributed by atoms with E-state index in [1.54, 1.807) is 14.2 Å². The van der Waals surface area contributed by atoms with E-state index < -0.39 is 5.60 Å². The molecule has 3 aromatic carbocycles. The molecule has 0 N–H and O–H groups in total. The molecule has 0 amide bonds. The van der Waals surface area contributed by atoms with E-state index in [0.29, 0.717) is 5.75 Å². The second-order valence-electron chi connectivity index (χ2n) is 7.31. The fourth-order valence-electron chi connectivity index (χ4n) is 3.29. The van der Waals surface area contributed by atoms with Crippen LogP contribution in [0, 0.1) is 0 Å². The molecule has 0 bridgehead atoms. The summed E-state index contributed by atoms with van der Waals surface area (Å²) in [6.07, 6.45) is 2.29. The van der Waals surface area contributed by atoms with Gasteiger partial charge in [-0.15, -0.1) is 0 Å². The molecule has 0 fully saturated rings. The van der Waals surface area contributed by atoms with E-state index in [1.807, 2.05) is 6.07 Å². The van der Waals surface area contributed by atoms with Gasteiger partial charge in [-0.1, -0.05) is 0 Å². The Kier molecular flexibility index (Phi) is 6.26. The third-order valence-electron chi connectivity index (χ3n) is 4.77. The maximum absolute atomic E-state index is 6.52. The minimum atomic E-state index is -0.410. The average Bonchev–Trinajstić information content (AvgIpc) is 2.75. The molecule has 0 saturated heterocycles. The summed E-state index contributed by atoms with van der Waals surface area (Å²) >= 11 is 0.279. The number of ether oxygens (including phenoxy) is 3. The maximum atomic E-state index is 6.52. The summed E-state index contributed by atoms with van der Waals surface area (Å²) in [5.74, 6) is 2.21. The van der Waals surface area contributed by atoms with E-state index in [2.05, 4.69) is 80.6 Å². The molecular formula is C25H24O3Se2. The molecule has 1 aliphatic heterocycles. The van der Waals surface area contributed by atoms with Crippen molar-refractivity contribution in [3.8, 4) is 17.2 Å². The molecular weight excluding hydrogens is 506 g/mol. The molecule has 0 aromatic heterocycles. The molecule has 30 heavy (non-hydrogen) atoms. The van der Waals surface area contributed by atoms with Crippen LogP contribution >= 0.6 is 0 Å². The number of fused-ring (bicyclic) bond motifs is 1. The second kappa shape index (κ2) is 8.91. The number of methoxy groups -OCH3 is 2. The van der Waals surface area contributed by atoms with Crippen LogP contribution in [-0.4, -0.2) is 49.7 Å². The molecule has 1 aliphatic rings. The average molecular weight is 530 g/mol. The van der Waals surface area contributed by atoms with Gasteiger partial charge in [-0.25, -0.2) is 0 Å². The van der Waals surface area contributed by atoms with E-state index in [-0.39, 0.29) is 29.9 Å². The number of benzene rings is 3. The van der Waals surface area contributed by atoms with Crippen molar-refractivity contribution < 1.29 is 14.2 Å². The molecule has 0 radical (unpaired) electrons. The number of hydrogen-bond acceptors (Lipinski definition) is 3. The predicted molar refractivity (Wildman–Crippen MR) is 126 cm³/mol. The fourth-order valence-corrected chi connectivity index (χ4v) is 7.53. The summed E-state index contributed by atoms with van der Waals surface area (Å²) in [7, 11) is 3.38. The Morgan fingerprint density at radius 2 is 1.33 bits per heavy atom. The summed E-state index contributed by atoms with van der Waals surface area (Å²) in [6.45, 7) is 4.25. The molecule has 0 unspecified atom stereocenters. The molecule has 154 valence electrons. The van der Waals surface area contributed by atoms with Crippen LogP contribution in [0.2, 0.25) is 0 Å².